The first-order valence-electron chi connectivity index (χ1n) is 4.82. The second-order valence-electron chi connectivity index (χ2n) is 4.67. The van der Waals surface area contributed by atoms with Gasteiger partial charge in [0.05, 0.1) is 11.8 Å². The van der Waals surface area contributed by atoms with E-state index >= 15 is 0 Å². The van der Waals surface area contributed by atoms with E-state index in [-0.39, 0.29) is 11.5 Å². The Bertz CT molecular complexity index is 363. The monoisotopic (exact) mass is 191 g/mol. The lowest BCUT2D eigenvalue weighted by Gasteiger charge is -2.14. The molecule has 0 saturated heterocycles. The lowest BCUT2D eigenvalue weighted by Crippen LogP contribution is -2.14. The second-order valence-corrected chi connectivity index (χ2v) is 4.67. The van der Waals surface area contributed by atoms with E-state index in [1.165, 1.54) is 0 Å². The van der Waals surface area contributed by atoms with Gasteiger partial charge in [0.1, 0.15) is 6.04 Å². The maximum absolute atomic E-state index is 8.81. The normalized spacial score (nSPS) is 13.7. The maximum atomic E-state index is 8.81. The van der Waals surface area contributed by atoms with E-state index in [9.17, 15) is 0 Å². The molecule has 0 aliphatic heterocycles. The van der Waals surface area contributed by atoms with E-state index in [4.69, 9.17) is 5.26 Å². The van der Waals surface area contributed by atoms with Crippen LogP contribution in [0.1, 0.15) is 45.1 Å². The summed E-state index contributed by atoms with van der Waals surface area (Å²) in [6.45, 7) is 10.2. The molecule has 76 valence electrons. The lowest BCUT2D eigenvalue weighted by molar-refractivity contribution is 0.518. The van der Waals surface area contributed by atoms with Crippen molar-refractivity contribution in [3.8, 4) is 6.07 Å². The zero-order chi connectivity index (χ0) is 10.9. The van der Waals surface area contributed by atoms with Crippen molar-refractivity contribution in [2.75, 3.05) is 0 Å². The second kappa shape index (κ2) is 3.45. The Labute approximate surface area is 85.4 Å². The van der Waals surface area contributed by atoms with Crippen molar-refractivity contribution in [3.63, 3.8) is 0 Å². The molecule has 1 atom stereocenters. The highest BCUT2D eigenvalue weighted by atomic mass is 15.3. The molecule has 0 amide bonds. The van der Waals surface area contributed by atoms with Crippen LogP contribution in [0.3, 0.4) is 0 Å². The fourth-order valence-electron chi connectivity index (χ4n) is 1.30. The van der Waals surface area contributed by atoms with Crippen LogP contribution >= 0.6 is 0 Å². The van der Waals surface area contributed by atoms with Gasteiger partial charge in [-0.05, 0) is 19.9 Å². The molecule has 0 bridgehead atoms. The number of hydrogen-bond donors (Lipinski definition) is 0. The summed E-state index contributed by atoms with van der Waals surface area (Å²) in [5.74, 6) is 0. The van der Waals surface area contributed by atoms with Gasteiger partial charge < -0.3 is 0 Å². The van der Waals surface area contributed by atoms with Gasteiger partial charge in [-0.2, -0.15) is 10.4 Å². The molecule has 0 unspecified atom stereocenters. The van der Waals surface area contributed by atoms with Gasteiger partial charge in [0.15, 0.2) is 0 Å². The van der Waals surface area contributed by atoms with E-state index in [0.29, 0.717) is 0 Å². The molecule has 0 fully saturated rings. The van der Waals surface area contributed by atoms with Crippen LogP contribution in [0.2, 0.25) is 0 Å². The largest absolute Gasteiger partial charge is 0.253 e. The molecule has 0 aliphatic carbocycles. The third-order valence-corrected chi connectivity index (χ3v) is 2.24. The van der Waals surface area contributed by atoms with Crippen LogP contribution in [0.15, 0.2) is 6.07 Å². The summed E-state index contributed by atoms with van der Waals surface area (Å²) in [6.07, 6.45) is 0. The topological polar surface area (TPSA) is 41.6 Å². The third kappa shape index (κ3) is 1.95. The van der Waals surface area contributed by atoms with Crippen molar-refractivity contribution in [1.82, 2.24) is 9.78 Å². The summed E-state index contributed by atoms with van der Waals surface area (Å²) in [7, 11) is 0. The molecule has 1 aromatic rings. The smallest absolute Gasteiger partial charge is 0.136 e. The fraction of sp³-hybridized carbons (Fsp3) is 0.636. The highest BCUT2D eigenvalue weighted by Gasteiger charge is 2.19. The molecule has 14 heavy (non-hydrogen) atoms. The van der Waals surface area contributed by atoms with Crippen molar-refractivity contribution in [2.24, 2.45) is 0 Å². The fourth-order valence-corrected chi connectivity index (χ4v) is 1.30. The molecule has 3 heteroatoms. The minimum atomic E-state index is -0.189. The van der Waals surface area contributed by atoms with E-state index < -0.39 is 0 Å². The van der Waals surface area contributed by atoms with E-state index in [0.717, 1.165) is 11.4 Å². The molecule has 0 N–H and O–H groups in total. The lowest BCUT2D eigenvalue weighted by atomic mass is 9.92. The van der Waals surface area contributed by atoms with Gasteiger partial charge in [-0.25, -0.2) is 0 Å². The Morgan fingerprint density at radius 3 is 2.43 bits per heavy atom. The molecule has 0 saturated carbocycles. The van der Waals surface area contributed by atoms with Gasteiger partial charge >= 0.3 is 0 Å². The van der Waals surface area contributed by atoms with Gasteiger partial charge in [-0.1, -0.05) is 20.8 Å². The van der Waals surface area contributed by atoms with Crippen LogP contribution in [-0.4, -0.2) is 9.78 Å². The molecule has 1 heterocycles. The highest BCUT2D eigenvalue weighted by molar-refractivity contribution is 5.17. The zero-order valence-corrected chi connectivity index (χ0v) is 9.50. The maximum Gasteiger partial charge on any atom is 0.136 e. The molecule has 1 aromatic heterocycles. The Balaban J connectivity index is 3.13. The molecular formula is C11H17N3. The average Bonchev–Trinajstić information content (AvgIpc) is 2.45. The first kappa shape index (κ1) is 10.8. The molecule has 0 aliphatic rings. The van der Waals surface area contributed by atoms with E-state index in [1.54, 1.807) is 4.68 Å². The summed E-state index contributed by atoms with van der Waals surface area (Å²) in [4.78, 5) is 0. The van der Waals surface area contributed by atoms with E-state index in [2.05, 4.69) is 31.9 Å². The third-order valence-electron chi connectivity index (χ3n) is 2.24. The summed E-state index contributed by atoms with van der Waals surface area (Å²) >= 11 is 0. The van der Waals surface area contributed by atoms with Crippen LogP contribution in [-0.2, 0) is 5.41 Å². The van der Waals surface area contributed by atoms with Gasteiger partial charge in [-0.15, -0.1) is 0 Å². The molecular weight excluding hydrogens is 174 g/mol. The van der Waals surface area contributed by atoms with Crippen molar-refractivity contribution >= 4 is 0 Å². The minimum absolute atomic E-state index is 0.0468. The number of nitriles is 1. The Kier molecular flexibility index (Phi) is 2.66. The van der Waals surface area contributed by atoms with Crippen LogP contribution in [0.25, 0.3) is 0 Å². The minimum Gasteiger partial charge on any atom is -0.253 e. The first-order valence-corrected chi connectivity index (χ1v) is 4.82. The predicted molar refractivity (Wildman–Crippen MR) is 56.0 cm³/mol. The van der Waals surface area contributed by atoms with Crippen molar-refractivity contribution < 1.29 is 0 Å². The summed E-state index contributed by atoms with van der Waals surface area (Å²) < 4.78 is 1.78. The summed E-state index contributed by atoms with van der Waals surface area (Å²) in [6, 6.07) is 4.05. The summed E-state index contributed by atoms with van der Waals surface area (Å²) in [5.41, 5.74) is 2.13. The average molecular weight is 191 g/mol. The van der Waals surface area contributed by atoms with Crippen LogP contribution in [0.4, 0.5) is 0 Å². The standard InChI is InChI=1S/C11H17N3/c1-8-6-10(11(3,4)5)13-14(8)9(2)7-12/h6,9H,1-5H3/t9-/m1/s1. The predicted octanol–water partition coefficient (Wildman–Crippen LogP) is 2.57. The molecule has 0 spiro atoms. The van der Waals surface area contributed by atoms with Crippen molar-refractivity contribution in [3.05, 3.63) is 17.5 Å². The quantitative estimate of drug-likeness (QED) is 0.684. The zero-order valence-electron chi connectivity index (χ0n) is 9.50. The van der Waals surface area contributed by atoms with Gasteiger partial charge in [0, 0.05) is 11.1 Å². The molecule has 0 radical (unpaired) electrons. The summed E-state index contributed by atoms with van der Waals surface area (Å²) in [5, 5.41) is 13.3. The highest BCUT2D eigenvalue weighted by Crippen LogP contribution is 2.22. The van der Waals surface area contributed by atoms with Crippen LogP contribution < -0.4 is 0 Å². The van der Waals surface area contributed by atoms with Crippen molar-refractivity contribution in [2.45, 2.75) is 46.1 Å². The molecule has 3 nitrogen and oxygen atoms in total. The number of nitrogens with zero attached hydrogens (tertiary/aromatic N) is 3. The van der Waals surface area contributed by atoms with Gasteiger partial charge in [0.25, 0.3) is 0 Å². The number of hydrogen-bond acceptors (Lipinski definition) is 2. The van der Waals surface area contributed by atoms with Gasteiger partial charge in [0.2, 0.25) is 0 Å². The molecule has 0 aromatic carbocycles. The Hall–Kier alpha value is -1.30. The first-order chi connectivity index (χ1) is 6.36. The molecule has 1 rings (SSSR count). The van der Waals surface area contributed by atoms with E-state index in [1.807, 2.05) is 19.9 Å². The van der Waals surface area contributed by atoms with Crippen LogP contribution in [0.5, 0.6) is 0 Å². The Morgan fingerprint density at radius 1 is 1.50 bits per heavy atom. The number of rotatable bonds is 1. The van der Waals surface area contributed by atoms with Gasteiger partial charge in [-0.3, -0.25) is 4.68 Å². The number of aromatic nitrogens is 2. The van der Waals surface area contributed by atoms with Crippen molar-refractivity contribution in [1.29, 1.82) is 5.26 Å². The number of aryl methyl sites for hydroxylation is 1. The Morgan fingerprint density at radius 2 is 2.07 bits per heavy atom. The SMILES string of the molecule is Cc1cc(C(C)(C)C)nn1[C@H](C)C#N. The van der Waals surface area contributed by atoms with Crippen LogP contribution in [0, 0.1) is 18.3 Å².